The number of nitrogens with zero attached hydrogens (tertiary/aromatic N) is 1. The maximum atomic E-state index is 3.68. The van der Waals surface area contributed by atoms with E-state index >= 15 is 0 Å². The van der Waals surface area contributed by atoms with Crippen molar-refractivity contribution in [2.75, 3.05) is 4.90 Å². The van der Waals surface area contributed by atoms with Crippen LogP contribution in [-0.2, 0) is 5.41 Å². The highest BCUT2D eigenvalue weighted by atomic mass is 79.9. The largest absolute Gasteiger partial charge is 0.310 e. The minimum atomic E-state index is -0.0593. The van der Waals surface area contributed by atoms with Gasteiger partial charge in [-0.1, -0.05) is 90.4 Å². The smallest absolute Gasteiger partial charge is 0.0503 e. The minimum absolute atomic E-state index is 0.0593. The molecule has 0 saturated heterocycles. The highest BCUT2D eigenvalue weighted by Crippen LogP contribution is 2.52. The van der Waals surface area contributed by atoms with Crippen LogP contribution in [0.2, 0.25) is 0 Å². The molecule has 142 valence electrons. The summed E-state index contributed by atoms with van der Waals surface area (Å²) in [6.45, 7) is 4.62. The van der Waals surface area contributed by atoms with E-state index in [-0.39, 0.29) is 5.41 Å². The van der Waals surface area contributed by atoms with Crippen molar-refractivity contribution >= 4 is 33.0 Å². The lowest BCUT2D eigenvalue weighted by Gasteiger charge is -2.42. The highest BCUT2D eigenvalue weighted by Gasteiger charge is 2.36. The molecule has 1 aliphatic heterocycles. The van der Waals surface area contributed by atoms with Crippen LogP contribution in [0.1, 0.15) is 25.0 Å². The van der Waals surface area contributed by atoms with Gasteiger partial charge in [0.1, 0.15) is 0 Å². The molecule has 0 spiro atoms. The number of benzene rings is 4. The summed E-state index contributed by atoms with van der Waals surface area (Å²) in [6, 6.07) is 34.8. The number of hydrogen-bond donors (Lipinski definition) is 0. The van der Waals surface area contributed by atoms with Crippen LogP contribution in [0, 0.1) is 0 Å². The first-order chi connectivity index (χ1) is 14.1. The molecule has 0 N–H and O–H groups in total. The molecule has 0 fully saturated rings. The fourth-order valence-corrected chi connectivity index (χ4v) is 4.75. The molecule has 1 nitrogen and oxygen atoms in total. The van der Waals surface area contributed by atoms with Gasteiger partial charge in [0, 0.05) is 15.6 Å². The fraction of sp³-hybridized carbons (Fsp3) is 0.111. The first-order valence-electron chi connectivity index (χ1n) is 9.91. The van der Waals surface area contributed by atoms with Crippen LogP contribution in [0.5, 0.6) is 0 Å². The van der Waals surface area contributed by atoms with Crippen LogP contribution in [0.25, 0.3) is 11.1 Å². The van der Waals surface area contributed by atoms with E-state index in [4.69, 9.17) is 0 Å². The van der Waals surface area contributed by atoms with Gasteiger partial charge in [0.15, 0.2) is 0 Å². The first-order valence-corrected chi connectivity index (χ1v) is 10.7. The topological polar surface area (TPSA) is 3.24 Å². The van der Waals surface area contributed by atoms with Crippen LogP contribution < -0.4 is 4.90 Å². The zero-order chi connectivity index (χ0) is 20.0. The molecule has 4 aromatic rings. The normalized spacial score (nSPS) is 14.2. The molecule has 0 aromatic heterocycles. The molecule has 2 heteroatoms. The molecule has 0 radical (unpaired) electrons. The zero-order valence-electron chi connectivity index (χ0n) is 16.6. The number of hydrogen-bond acceptors (Lipinski definition) is 1. The summed E-state index contributed by atoms with van der Waals surface area (Å²) in [4.78, 5) is 2.39. The van der Waals surface area contributed by atoms with Crippen molar-refractivity contribution in [2.45, 2.75) is 19.3 Å². The third kappa shape index (κ3) is 2.99. The molecule has 0 unspecified atom stereocenters. The van der Waals surface area contributed by atoms with Gasteiger partial charge in [0.2, 0.25) is 0 Å². The quantitative estimate of drug-likeness (QED) is 0.304. The van der Waals surface area contributed by atoms with E-state index in [1.807, 2.05) is 0 Å². The number of fused-ring (bicyclic) bond motifs is 2. The molecule has 0 aliphatic carbocycles. The van der Waals surface area contributed by atoms with Crippen molar-refractivity contribution in [2.24, 2.45) is 0 Å². The van der Waals surface area contributed by atoms with Crippen LogP contribution in [0.3, 0.4) is 0 Å². The number of rotatable bonds is 2. The summed E-state index contributed by atoms with van der Waals surface area (Å²) < 4.78 is 1.11. The monoisotopic (exact) mass is 439 g/mol. The molecular formula is C27H22BrN. The molecule has 1 heterocycles. The van der Waals surface area contributed by atoms with Gasteiger partial charge in [-0.25, -0.2) is 0 Å². The lowest BCUT2D eigenvalue weighted by Crippen LogP contribution is -2.30. The van der Waals surface area contributed by atoms with E-state index in [0.717, 1.165) is 4.47 Å². The van der Waals surface area contributed by atoms with Crippen molar-refractivity contribution in [3.8, 4) is 11.1 Å². The average Bonchev–Trinajstić information content (AvgIpc) is 2.76. The van der Waals surface area contributed by atoms with E-state index < -0.39 is 0 Å². The second kappa shape index (κ2) is 6.89. The zero-order valence-corrected chi connectivity index (χ0v) is 18.1. The highest BCUT2D eigenvalue weighted by molar-refractivity contribution is 9.10. The van der Waals surface area contributed by atoms with E-state index in [1.165, 1.54) is 39.3 Å². The van der Waals surface area contributed by atoms with Crippen molar-refractivity contribution < 1.29 is 0 Å². The Morgan fingerprint density at radius 1 is 0.621 bits per heavy atom. The standard InChI is InChI=1S/C27H22BrN/c1-27(2)23-10-6-7-11-25(23)29(26-17-14-21(28)18-24(26)27)22-15-12-20(13-16-22)19-8-4-3-5-9-19/h3-18H,1-2H3. The Balaban J connectivity index is 1.68. The van der Waals surface area contributed by atoms with Crippen LogP contribution in [0.15, 0.2) is 102 Å². The van der Waals surface area contributed by atoms with Gasteiger partial charge >= 0.3 is 0 Å². The average molecular weight is 440 g/mol. The number of para-hydroxylation sites is 1. The predicted molar refractivity (Wildman–Crippen MR) is 126 cm³/mol. The second-order valence-electron chi connectivity index (χ2n) is 8.05. The Labute approximate surface area is 180 Å². The van der Waals surface area contributed by atoms with Crippen molar-refractivity contribution in [3.05, 3.63) is 113 Å². The van der Waals surface area contributed by atoms with E-state index in [2.05, 4.69) is 132 Å². The molecule has 4 aromatic carbocycles. The van der Waals surface area contributed by atoms with Crippen molar-refractivity contribution in [1.29, 1.82) is 0 Å². The Kier molecular flexibility index (Phi) is 4.33. The Morgan fingerprint density at radius 2 is 1.24 bits per heavy atom. The van der Waals surface area contributed by atoms with Crippen LogP contribution in [0.4, 0.5) is 17.1 Å². The summed E-state index contributed by atoms with van der Waals surface area (Å²) >= 11 is 3.68. The number of halogens is 1. The van der Waals surface area contributed by atoms with Crippen molar-refractivity contribution in [1.82, 2.24) is 0 Å². The maximum absolute atomic E-state index is 3.68. The maximum Gasteiger partial charge on any atom is 0.0503 e. The van der Waals surface area contributed by atoms with Crippen LogP contribution >= 0.6 is 15.9 Å². The Bertz CT molecular complexity index is 1180. The summed E-state index contributed by atoms with van der Waals surface area (Å²) in [7, 11) is 0. The van der Waals surface area contributed by atoms with Gasteiger partial charge in [-0.3, -0.25) is 0 Å². The SMILES string of the molecule is CC1(C)c2ccccc2N(c2ccc(-c3ccccc3)cc2)c2ccc(Br)cc21. The van der Waals surface area contributed by atoms with Gasteiger partial charge in [0.25, 0.3) is 0 Å². The lowest BCUT2D eigenvalue weighted by molar-refractivity contribution is 0.631. The molecular weight excluding hydrogens is 418 g/mol. The summed E-state index contributed by atoms with van der Waals surface area (Å²) in [6.07, 6.45) is 0. The third-order valence-corrected chi connectivity index (χ3v) is 6.42. The minimum Gasteiger partial charge on any atom is -0.310 e. The van der Waals surface area contributed by atoms with E-state index in [1.54, 1.807) is 0 Å². The van der Waals surface area contributed by atoms with E-state index in [9.17, 15) is 0 Å². The van der Waals surface area contributed by atoms with Gasteiger partial charge in [0.05, 0.1) is 11.4 Å². The Morgan fingerprint density at radius 3 is 2.00 bits per heavy atom. The summed E-state index contributed by atoms with van der Waals surface area (Å²) in [5.74, 6) is 0. The molecule has 0 atom stereocenters. The second-order valence-corrected chi connectivity index (χ2v) is 8.97. The van der Waals surface area contributed by atoms with E-state index in [0.29, 0.717) is 0 Å². The summed E-state index contributed by atoms with van der Waals surface area (Å²) in [5.41, 5.74) is 8.76. The molecule has 29 heavy (non-hydrogen) atoms. The molecule has 1 aliphatic rings. The molecule has 0 saturated carbocycles. The molecule has 0 amide bonds. The van der Waals surface area contributed by atoms with Gasteiger partial charge in [-0.15, -0.1) is 0 Å². The first kappa shape index (κ1) is 18.2. The molecule has 0 bridgehead atoms. The Hall–Kier alpha value is -2.84. The third-order valence-electron chi connectivity index (χ3n) is 5.92. The van der Waals surface area contributed by atoms with Gasteiger partial charge in [-0.05, 0) is 58.7 Å². The fourth-order valence-electron chi connectivity index (χ4n) is 4.39. The van der Waals surface area contributed by atoms with Gasteiger partial charge < -0.3 is 4.90 Å². The summed E-state index contributed by atoms with van der Waals surface area (Å²) in [5, 5.41) is 0. The molecule has 5 rings (SSSR count). The van der Waals surface area contributed by atoms with Crippen LogP contribution in [-0.4, -0.2) is 0 Å². The van der Waals surface area contributed by atoms with Gasteiger partial charge in [-0.2, -0.15) is 0 Å². The van der Waals surface area contributed by atoms with Crippen molar-refractivity contribution in [3.63, 3.8) is 0 Å². The predicted octanol–water partition coefficient (Wildman–Crippen LogP) is 8.23. The lowest BCUT2D eigenvalue weighted by atomic mass is 9.73. The number of anilines is 3.